The van der Waals surface area contributed by atoms with E-state index in [1.807, 2.05) is 30.2 Å². The van der Waals surface area contributed by atoms with Crippen LogP contribution in [0.1, 0.15) is 17.2 Å². The standard InChI is InChI=1S/C14H15NOS/c1-3-9-8-12-10-6-4-5-7-11(10)15(2)14(16)13(9)17-12/h3-7,9,12-13H,1,8H2,2H3/t9-,12+,13-/m0/s1. The third-order valence-electron chi connectivity index (χ3n) is 3.71. The highest BCUT2D eigenvalue weighted by atomic mass is 32.2. The SMILES string of the molecule is C=C[C@H]1C[C@H]2S[C@@H]1C(=O)N(C)c1ccccc12. The molecule has 0 aromatic heterocycles. The predicted octanol–water partition coefficient (Wildman–Crippen LogP) is 3.01. The maximum absolute atomic E-state index is 12.4. The van der Waals surface area contributed by atoms with Gasteiger partial charge in [0.15, 0.2) is 0 Å². The van der Waals surface area contributed by atoms with Crippen LogP contribution in [0.2, 0.25) is 0 Å². The van der Waals surface area contributed by atoms with Crippen LogP contribution in [-0.4, -0.2) is 18.2 Å². The molecule has 2 nitrogen and oxygen atoms in total. The van der Waals surface area contributed by atoms with E-state index in [2.05, 4.69) is 18.7 Å². The number of benzene rings is 1. The van der Waals surface area contributed by atoms with Gasteiger partial charge >= 0.3 is 0 Å². The molecule has 0 radical (unpaired) electrons. The number of para-hydroxylation sites is 1. The van der Waals surface area contributed by atoms with Gasteiger partial charge < -0.3 is 4.90 Å². The zero-order valence-electron chi connectivity index (χ0n) is 9.80. The second-order valence-electron chi connectivity index (χ2n) is 4.64. The molecule has 3 rings (SSSR count). The number of carbonyl (C=O) groups is 1. The molecule has 0 unspecified atom stereocenters. The van der Waals surface area contributed by atoms with Gasteiger partial charge in [-0.1, -0.05) is 24.3 Å². The fraction of sp³-hybridized carbons (Fsp3) is 0.357. The van der Waals surface area contributed by atoms with Crippen LogP contribution in [0.25, 0.3) is 0 Å². The Morgan fingerprint density at radius 1 is 1.47 bits per heavy atom. The van der Waals surface area contributed by atoms with Gasteiger partial charge in [-0.05, 0) is 24.0 Å². The first kappa shape index (κ1) is 10.9. The van der Waals surface area contributed by atoms with E-state index in [1.165, 1.54) is 5.56 Å². The number of fused-ring (bicyclic) bond motifs is 4. The molecule has 17 heavy (non-hydrogen) atoms. The predicted molar refractivity (Wildman–Crippen MR) is 72.3 cm³/mol. The Morgan fingerprint density at radius 3 is 3.00 bits per heavy atom. The molecule has 1 fully saturated rings. The van der Waals surface area contributed by atoms with Gasteiger partial charge in [-0.3, -0.25) is 4.79 Å². The van der Waals surface area contributed by atoms with E-state index in [0.29, 0.717) is 11.2 Å². The summed E-state index contributed by atoms with van der Waals surface area (Å²) in [6, 6.07) is 8.23. The average molecular weight is 245 g/mol. The second kappa shape index (κ2) is 3.91. The van der Waals surface area contributed by atoms with E-state index in [1.54, 1.807) is 11.8 Å². The maximum atomic E-state index is 12.4. The van der Waals surface area contributed by atoms with Crippen LogP contribution in [0.5, 0.6) is 0 Å². The first-order valence-corrected chi connectivity index (χ1v) is 6.81. The minimum Gasteiger partial charge on any atom is -0.314 e. The molecular weight excluding hydrogens is 230 g/mol. The highest BCUT2D eigenvalue weighted by Gasteiger charge is 2.43. The van der Waals surface area contributed by atoms with Crippen molar-refractivity contribution in [2.45, 2.75) is 16.9 Å². The summed E-state index contributed by atoms with van der Waals surface area (Å²) in [5, 5.41) is 0.489. The summed E-state index contributed by atoms with van der Waals surface area (Å²) in [7, 11) is 1.88. The van der Waals surface area contributed by atoms with Gasteiger partial charge in [0.2, 0.25) is 5.91 Å². The number of carbonyl (C=O) groups excluding carboxylic acids is 1. The fourth-order valence-corrected chi connectivity index (χ4v) is 4.47. The highest BCUT2D eigenvalue weighted by molar-refractivity contribution is 8.01. The molecule has 88 valence electrons. The Labute approximate surface area is 106 Å². The summed E-state index contributed by atoms with van der Waals surface area (Å²) in [5.41, 5.74) is 2.36. The van der Waals surface area contributed by atoms with Gasteiger partial charge in [0.05, 0.1) is 5.25 Å². The molecule has 3 heteroatoms. The quantitative estimate of drug-likeness (QED) is 0.709. The lowest BCUT2D eigenvalue weighted by molar-refractivity contribution is -0.118. The first-order valence-electron chi connectivity index (χ1n) is 5.87. The molecule has 0 saturated carbocycles. The normalized spacial score (nSPS) is 31.0. The minimum atomic E-state index is 0.0508. The van der Waals surface area contributed by atoms with Crippen LogP contribution in [0.15, 0.2) is 36.9 Å². The number of hydrogen-bond donors (Lipinski definition) is 0. The largest absolute Gasteiger partial charge is 0.314 e. The van der Waals surface area contributed by atoms with Crippen LogP contribution in [0, 0.1) is 5.92 Å². The Kier molecular flexibility index (Phi) is 2.51. The molecule has 2 aliphatic rings. The van der Waals surface area contributed by atoms with Crippen molar-refractivity contribution in [3.8, 4) is 0 Å². The molecule has 1 aromatic carbocycles. The van der Waals surface area contributed by atoms with Gasteiger partial charge in [-0.25, -0.2) is 0 Å². The van der Waals surface area contributed by atoms with Crippen LogP contribution < -0.4 is 4.90 Å². The van der Waals surface area contributed by atoms with Crippen molar-refractivity contribution in [2.75, 3.05) is 11.9 Å². The third-order valence-corrected chi connectivity index (χ3v) is 5.33. The first-order chi connectivity index (χ1) is 8.22. The van der Waals surface area contributed by atoms with Crippen molar-refractivity contribution in [3.63, 3.8) is 0 Å². The monoisotopic (exact) mass is 245 g/mol. The van der Waals surface area contributed by atoms with Gasteiger partial charge in [-0.2, -0.15) is 0 Å². The maximum Gasteiger partial charge on any atom is 0.240 e. The average Bonchev–Trinajstić information content (AvgIpc) is 2.77. The van der Waals surface area contributed by atoms with Crippen molar-refractivity contribution in [1.82, 2.24) is 0 Å². The third kappa shape index (κ3) is 1.53. The number of anilines is 1. The summed E-state index contributed by atoms with van der Waals surface area (Å²) < 4.78 is 0. The molecule has 3 atom stereocenters. The molecule has 1 amide bonds. The van der Waals surface area contributed by atoms with Crippen LogP contribution in [-0.2, 0) is 4.79 Å². The lowest BCUT2D eigenvalue weighted by atomic mass is 9.93. The van der Waals surface area contributed by atoms with E-state index in [9.17, 15) is 4.79 Å². The van der Waals surface area contributed by atoms with Crippen LogP contribution in [0.3, 0.4) is 0 Å². The van der Waals surface area contributed by atoms with Gasteiger partial charge in [-0.15, -0.1) is 18.3 Å². The lowest BCUT2D eigenvalue weighted by Crippen LogP contribution is -2.36. The van der Waals surface area contributed by atoms with E-state index in [-0.39, 0.29) is 11.2 Å². The zero-order chi connectivity index (χ0) is 12.0. The van der Waals surface area contributed by atoms with Crippen LogP contribution in [0.4, 0.5) is 5.69 Å². The number of nitrogens with zero attached hydrogens (tertiary/aromatic N) is 1. The number of thioether (sulfide) groups is 1. The van der Waals surface area contributed by atoms with E-state index < -0.39 is 0 Å². The highest BCUT2D eigenvalue weighted by Crippen LogP contribution is 2.53. The smallest absolute Gasteiger partial charge is 0.240 e. The fourth-order valence-electron chi connectivity index (χ4n) is 2.74. The molecule has 0 N–H and O–H groups in total. The Bertz CT molecular complexity index is 485. The Balaban J connectivity index is 2.13. The molecule has 0 aliphatic carbocycles. The van der Waals surface area contributed by atoms with E-state index >= 15 is 0 Å². The van der Waals surface area contributed by atoms with Gasteiger partial charge in [0, 0.05) is 18.0 Å². The summed E-state index contributed by atoms with van der Waals surface area (Å²) >= 11 is 1.80. The van der Waals surface area contributed by atoms with Crippen molar-refractivity contribution in [2.24, 2.45) is 5.92 Å². The number of allylic oxidation sites excluding steroid dienone is 1. The number of amides is 1. The van der Waals surface area contributed by atoms with Crippen molar-refractivity contribution in [3.05, 3.63) is 42.5 Å². The topological polar surface area (TPSA) is 20.3 Å². The molecule has 1 aromatic rings. The van der Waals surface area contributed by atoms with Crippen LogP contribution >= 0.6 is 11.8 Å². The number of hydrogen-bond acceptors (Lipinski definition) is 2. The van der Waals surface area contributed by atoms with Gasteiger partial charge in [0.1, 0.15) is 0 Å². The van der Waals surface area contributed by atoms with E-state index in [4.69, 9.17) is 0 Å². The molecule has 1 saturated heterocycles. The Morgan fingerprint density at radius 2 is 2.24 bits per heavy atom. The molecule has 2 heterocycles. The Hall–Kier alpha value is -1.22. The minimum absolute atomic E-state index is 0.0508. The van der Waals surface area contributed by atoms with E-state index in [0.717, 1.165) is 12.1 Å². The number of rotatable bonds is 1. The zero-order valence-corrected chi connectivity index (χ0v) is 10.6. The molecular formula is C14H15NOS. The lowest BCUT2D eigenvalue weighted by Gasteiger charge is -2.25. The molecule has 0 spiro atoms. The van der Waals surface area contributed by atoms with Crippen molar-refractivity contribution < 1.29 is 4.79 Å². The summed E-state index contributed by atoms with van der Waals surface area (Å²) in [6.07, 6.45) is 2.98. The summed E-state index contributed by atoms with van der Waals surface area (Å²) in [5.74, 6) is 0.528. The summed E-state index contributed by atoms with van der Waals surface area (Å²) in [4.78, 5) is 14.2. The van der Waals surface area contributed by atoms with Crippen molar-refractivity contribution >= 4 is 23.4 Å². The molecule has 2 aliphatic heterocycles. The summed E-state index contributed by atoms with van der Waals surface area (Å²) in [6.45, 7) is 3.87. The van der Waals surface area contributed by atoms with Crippen molar-refractivity contribution in [1.29, 1.82) is 0 Å². The van der Waals surface area contributed by atoms with Gasteiger partial charge in [0.25, 0.3) is 0 Å². The second-order valence-corrected chi connectivity index (χ2v) is 5.99. The molecule has 2 bridgehead atoms.